The number of hydrogen-bond donors (Lipinski definition) is 1. The molecule has 1 amide bonds. The van der Waals surface area contributed by atoms with Gasteiger partial charge in [0, 0.05) is 13.3 Å². The molecule has 1 aromatic rings. The Labute approximate surface area is 114 Å². The van der Waals surface area contributed by atoms with E-state index in [0.29, 0.717) is 13.2 Å². The quantitative estimate of drug-likeness (QED) is 0.726. The van der Waals surface area contributed by atoms with Gasteiger partial charge in [0.25, 0.3) is 0 Å². The number of ether oxygens (including phenoxy) is 2. The standard InChI is InChI=1S/C14H22N2O3/c1-4-12(13-9-11(2)5-6-15-13)16-14(17)10-19-8-7-18-3/h5-6,9,12H,4,7-8,10H2,1-3H3,(H,16,17). The predicted molar refractivity (Wildman–Crippen MR) is 72.8 cm³/mol. The first-order chi connectivity index (χ1) is 9.17. The summed E-state index contributed by atoms with van der Waals surface area (Å²) in [6.45, 7) is 4.98. The Balaban J connectivity index is 2.46. The van der Waals surface area contributed by atoms with Crippen LogP contribution >= 0.6 is 0 Å². The number of carbonyl (C=O) groups is 1. The molecule has 1 N–H and O–H groups in total. The number of nitrogens with one attached hydrogen (secondary N) is 1. The van der Waals surface area contributed by atoms with E-state index >= 15 is 0 Å². The van der Waals surface area contributed by atoms with Crippen molar-refractivity contribution in [3.63, 3.8) is 0 Å². The molecule has 0 saturated heterocycles. The highest BCUT2D eigenvalue weighted by atomic mass is 16.5. The topological polar surface area (TPSA) is 60.5 Å². The third kappa shape index (κ3) is 5.81. The highest BCUT2D eigenvalue weighted by Gasteiger charge is 2.13. The minimum absolute atomic E-state index is 0.0473. The van der Waals surface area contributed by atoms with Crippen LogP contribution < -0.4 is 5.32 Å². The summed E-state index contributed by atoms with van der Waals surface area (Å²) < 4.78 is 10.0. The second kappa shape index (κ2) is 8.61. The van der Waals surface area contributed by atoms with Crippen LogP contribution in [0.1, 0.15) is 30.6 Å². The van der Waals surface area contributed by atoms with Gasteiger partial charge in [-0.3, -0.25) is 9.78 Å². The van der Waals surface area contributed by atoms with Crippen molar-refractivity contribution in [2.75, 3.05) is 26.9 Å². The summed E-state index contributed by atoms with van der Waals surface area (Å²) in [5, 5.41) is 2.92. The first-order valence-corrected chi connectivity index (χ1v) is 6.46. The third-order valence-electron chi connectivity index (χ3n) is 2.70. The van der Waals surface area contributed by atoms with Crippen LogP contribution in [0.2, 0.25) is 0 Å². The lowest BCUT2D eigenvalue weighted by Gasteiger charge is -2.17. The summed E-state index contributed by atoms with van der Waals surface area (Å²) in [4.78, 5) is 16.0. The molecule has 1 atom stereocenters. The van der Waals surface area contributed by atoms with Crippen molar-refractivity contribution in [1.29, 1.82) is 0 Å². The van der Waals surface area contributed by atoms with E-state index in [9.17, 15) is 4.79 Å². The smallest absolute Gasteiger partial charge is 0.246 e. The molecular formula is C14H22N2O3. The number of methoxy groups -OCH3 is 1. The summed E-state index contributed by atoms with van der Waals surface area (Å²) in [6, 6.07) is 3.85. The van der Waals surface area contributed by atoms with Crippen LogP contribution in [-0.4, -0.2) is 37.8 Å². The van der Waals surface area contributed by atoms with E-state index in [-0.39, 0.29) is 18.6 Å². The van der Waals surface area contributed by atoms with Crippen LogP contribution in [0.3, 0.4) is 0 Å². The Morgan fingerprint density at radius 1 is 1.47 bits per heavy atom. The Morgan fingerprint density at radius 3 is 2.89 bits per heavy atom. The molecule has 0 bridgehead atoms. The zero-order valence-corrected chi connectivity index (χ0v) is 11.8. The van der Waals surface area contributed by atoms with E-state index < -0.39 is 0 Å². The van der Waals surface area contributed by atoms with Gasteiger partial charge in [-0.05, 0) is 31.0 Å². The Morgan fingerprint density at radius 2 is 2.26 bits per heavy atom. The van der Waals surface area contributed by atoms with Crippen molar-refractivity contribution in [2.45, 2.75) is 26.3 Å². The third-order valence-corrected chi connectivity index (χ3v) is 2.70. The van der Waals surface area contributed by atoms with Gasteiger partial charge in [0.15, 0.2) is 0 Å². The van der Waals surface area contributed by atoms with Crippen molar-refractivity contribution in [3.8, 4) is 0 Å². The van der Waals surface area contributed by atoms with Crippen LogP contribution in [0.4, 0.5) is 0 Å². The number of pyridine rings is 1. The van der Waals surface area contributed by atoms with Crippen molar-refractivity contribution < 1.29 is 14.3 Å². The Kier molecular flexibility index (Phi) is 7.07. The second-order valence-electron chi connectivity index (χ2n) is 4.33. The first kappa shape index (κ1) is 15.6. The molecule has 1 rings (SSSR count). The summed E-state index contributed by atoms with van der Waals surface area (Å²) in [5.41, 5.74) is 2.02. The molecule has 1 heterocycles. The van der Waals surface area contributed by atoms with Crippen LogP contribution in [0.5, 0.6) is 0 Å². The Hall–Kier alpha value is -1.46. The average Bonchev–Trinajstić information content (AvgIpc) is 2.41. The van der Waals surface area contributed by atoms with Crippen molar-refractivity contribution in [3.05, 3.63) is 29.6 Å². The van der Waals surface area contributed by atoms with E-state index in [4.69, 9.17) is 9.47 Å². The zero-order chi connectivity index (χ0) is 14.1. The van der Waals surface area contributed by atoms with E-state index in [1.54, 1.807) is 13.3 Å². The van der Waals surface area contributed by atoms with E-state index in [2.05, 4.69) is 10.3 Å². The molecule has 19 heavy (non-hydrogen) atoms. The molecule has 1 unspecified atom stereocenters. The fourth-order valence-electron chi connectivity index (χ4n) is 1.68. The summed E-state index contributed by atoms with van der Waals surface area (Å²) in [6.07, 6.45) is 2.55. The number of carbonyl (C=O) groups excluding carboxylic acids is 1. The molecule has 0 aliphatic rings. The maximum atomic E-state index is 11.7. The molecule has 0 spiro atoms. The molecular weight excluding hydrogens is 244 g/mol. The van der Waals surface area contributed by atoms with E-state index in [1.807, 2.05) is 26.0 Å². The zero-order valence-electron chi connectivity index (χ0n) is 11.8. The normalized spacial score (nSPS) is 12.2. The lowest BCUT2D eigenvalue weighted by Crippen LogP contribution is -2.32. The molecule has 0 aliphatic heterocycles. The molecule has 5 heteroatoms. The minimum atomic E-state index is -0.133. The fraction of sp³-hybridized carbons (Fsp3) is 0.571. The fourth-order valence-corrected chi connectivity index (χ4v) is 1.68. The van der Waals surface area contributed by atoms with Gasteiger partial charge in [0.1, 0.15) is 6.61 Å². The summed E-state index contributed by atoms with van der Waals surface area (Å²) >= 11 is 0. The van der Waals surface area contributed by atoms with Gasteiger partial charge in [-0.15, -0.1) is 0 Å². The lowest BCUT2D eigenvalue weighted by atomic mass is 10.1. The van der Waals surface area contributed by atoms with Gasteiger partial charge < -0.3 is 14.8 Å². The molecule has 0 fully saturated rings. The summed E-state index contributed by atoms with van der Waals surface area (Å²) in [7, 11) is 1.60. The van der Waals surface area contributed by atoms with Crippen LogP contribution in [0, 0.1) is 6.92 Å². The number of aryl methyl sites for hydroxylation is 1. The van der Waals surface area contributed by atoms with Gasteiger partial charge in [-0.2, -0.15) is 0 Å². The highest BCUT2D eigenvalue weighted by molar-refractivity contribution is 5.77. The second-order valence-corrected chi connectivity index (χ2v) is 4.33. The van der Waals surface area contributed by atoms with Gasteiger partial charge in [-0.1, -0.05) is 6.92 Å². The maximum Gasteiger partial charge on any atom is 0.246 e. The lowest BCUT2D eigenvalue weighted by molar-refractivity contribution is -0.126. The largest absolute Gasteiger partial charge is 0.382 e. The molecule has 0 aromatic carbocycles. The Bertz CT molecular complexity index is 396. The SMILES string of the molecule is CCC(NC(=O)COCCOC)c1cc(C)ccn1. The van der Waals surface area contributed by atoms with Crippen molar-refractivity contribution >= 4 is 5.91 Å². The van der Waals surface area contributed by atoms with E-state index in [1.165, 1.54) is 0 Å². The van der Waals surface area contributed by atoms with E-state index in [0.717, 1.165) is 17.7 Å². The van der Waals surface area contributed by atoms with Crippen molar-refractivity contribution in [2.24, 2.45) is 0 Å². The van der Waals surface area contributed by atoms with Gasteiger partial charge in [0.2, 0.25) is 5.91 Å². The molecule has 0 radical (unpaired) electrons. The average molecular weight is 266 g/mol. The van der Waals surface area contributed by atoms with Gasteiger partial charge in [-0.25, -0.2) is 0 Å². The number of amides is 1. The molecule has 1 aromatic heterocycles. The molecule has 106 valence electrons. The van der Waals surface area contributed by atoms with Crippen LogP contribution in [0.25, 0.3) is 0 Å². The number of aromatic nitrogens is 1. The number of hydrogen-bond acceptors (Lipinski definition) is 4. The van der Waals surface area contributed by atoms with Crippen LogP contribution in [-0.2, 0) is 14.3 Å². The van der Waals surface area contributed by atoms with Crippen molar-refractivity contribution in [1.82, 2.24) is 10.3 Å². The number of rotatable bonds is 8. The first-order valence-electron chi connectivity index (χ1n) is 6.46. The highest BCUT2D eigenvalue weighted by Crippen LogP contribution is 2.14. The monoisotopic (exact) mass is 266 g/mol. The molecule has 0 aliphatic carbocycles. The van der Waals surface area contributed by atoms with Gasteiger partial charge in [0.05, 0.1) is 24.9 Å². The molecule has 5 nitrogen and oxygen atoms in total. The minimum Gasteiger partial charge on any atom is -0.382 e. The maximum absolute atomic E-state index is 11.7. The predicted octanol–water partition coefficient (Wildman–Crippen LogP) is 1.62. The molecule has 0 saturated carbocycles. The van der Waals surface area contributed by atoms with Crippen LogP contribution in [0.15, 0.2) is 18.3 Å². The summed E-state index contributed by atoms with van der Waals surface area (Å²) in [5.74, 6) is -0.133. The number of nitrogens with zero attached hydrogens (tertiary/aromatic N) is 1. The van der Waals surface area contributed by atoms with Gasteiger partial charge >= 0.3 is 0 Å².